The molecule has 1 rings (SSSR count). The summed E-state index contributed by atoms with van der Waals surface area (Å²) in [6, 6.07) is 5.23. The average molecular weight is 278 g/mol. The maximum absolute atomic E-state index is 11.2. The molecule has 0 heterocycles. The molecule has 0 saturated carbocycles. The number of benzene rings is 1. The highest BCUT2D eigenvalue weighted by atomic mass is 79.9. The number of carbonyl (C=O) groups is 1. The van der Waals surface area contributed by atoms with Gasteiger partial charge in [0, 0.05) is 10.2 Å². The number of amides is 1. The molecule has 1 aromatic carbocycles. The minimum Gasteiger partial charge on any atom is -0.325 e. The second-order valence-corrected chi connectivity index (χ2v) is 3.97. The second kappa shape index (κ2) is 5.34. The quantitative estimate of drug-likeness (QED) is 0.890. The maximum Gasteiger partial charge on any atom is 0.238 e. The van der Waals surface area contributed by atoms with Crippen molar-refractivity contribution in [1.29, 1.82) is 0 Å². The van der Waals surface area contributed by atoms with Crippen LogP contribution in [0.5, 0.6) is 0 Å². The van der Waals surface area contributed by atoms with E-state index in [1.807, 2.05) is 0 Å². The van der Waals surface area contributed by atoms with Gasteiger partial charge in [-0.05, 0) is 41.2 Å². The fraction of sp³-hybridized carbons (Fsp3) is 0.222. The van der Waals surface area contributed by atoms with Gasteiger partial charge in [-0.15, -0.1) is 0 Å². The van der Waals surface area contributed by atoms with Gasteiger partial charge in [0.05, 0.1) is 11.6 Å². The number of hydrogen-bond acceptors (Lipinski definition) is 2. The average Bonchev–Trinajstić information content (AvgIpc) is 2.12. The molecule has 1 aromatic rings. The van der Waals surface area contributed by atoms with Crippen molar-refractivity contribution >= 4 is 39.1 Å². The summed E-state index contributed by atoms with van der Waals surface area (Å²) in [4.78, 5) is 11.2. The first-order chi connectivity index (χ1) is 6.63. The fourth-order valence-corrected chi connectivity index (χ4v) is 1.44. The Bertz CT molecular complexity index is 344. The van der Waals surface area contributed by atoms with Crippen LogP contribution in [0.25, 0.3) is 0 Å². The molecule has 0 aliphatic heterocycles. The molecule has 0 saturated heterocycles. The summed E-state index contributed by atoms with van der Waals surface area (Å²) >= 11 is 9.08. The van der Waals surface area contributed by atoms with E-state index in [4.69, 9.17) is 11.6 Å². The van der Waals surface area contributed by atoms with Crippen molar-refractivity contribution in [1.82, 2.24) is 5.32 Å². The highest BCUT2D eigenvalue weighted by Crippen LogP contribution is 2.25. The molecule has 0 fully saturated rings. The molecule has 5 heteroatoms. The summed E-state index contributed by atoms with van der Waals surface area (Å²) in [7, 11) is 1.72. The lowest BCUT2D eigenvalue weighted by atomic mass is 10.3. The Morgan fingerprint density at radius 1 is 1.57 bits per heavy atom. The smallest absolute Gasteiger partial charge is 0.238 e. The number of carbonyl (C=O) groups excluding carboxylic acids is 1. The number of rotatable bonds is 3. The van der Waals surface area contributed by atoms with Crippen molar-refractivity contribution in [3.05, 3.63) is 27.7 Å². The normalized spacial score (nSPS) is 9.93. The molecule has 0 aliphatic rings. The van der Waals surface area contributed by atoms with Crippen LogP contribution in [0.4, 0.5) is 5.69 Å². The Kier molecular flexibility index (Phi) is 4.38. The summed E-state index contributed by atoms with van der Waals surface area (Å²) < 4.78 is 0.765. The Morgan fingerprint density at radius 3 is 2.86 bits per heavy atom. The monoisotopic (exact) mass is 276 g/mol. The highest BCUT2D eigenvalue weighted by molar-refractivity contribution is 9.10. The van der Waals surface area contributed by atoms with Gasteiger partial charge < -0.3 is 10.6 Å². The van der Waals surface area contributed by atoms with Crippen LogP contribution in [0.3, 0.4) is 0 Å². The Balaban J connectivity index is 2.68. The first-order valence-electron chi connectivity index (χ1n) is 4.03. The van der Waals surface area contributed by atoms with Gasteiger partial charge in [0.25, 0.3) is 0 Å². The van der Waals surface area contributed by atoms with Crippen LogP contribution in [-0.4, -0.2) is 19.5 Å². The molecule has 0 aliphatic carbocycles. The molecule has 0 aromatic heterocycles. The Morgan fingerprint density at radius 2 is 2.29 bits per heavy atom. The predicted molar refractivity (Wildman–Crippen MR) is 61.7 cm³/mol. The molecule has 0 spiro atoms. The van der Waals surface area contributed by atoms with Gasteiger partial charge in [0.2, 0.25) is 5.91 Å². The molecule has 1 amide bonds. The van der Waals surface area contributed by atoms with Crippen molar-refractivity contribution < 1.29 is 4.79 Å². The maximum atomic E-state index is 11.2. The number of halogens is 2. The van der Waals surface area contributed by atoms with Gasteiger partial charge >= 0.3 is 0 Å². The van der Waals surface area contributed by atoms with Crippen LogP contribution in [0.2, 0.25) is 5.02 Å². The molecule has 0 radical (unpaired) electrons. The van der Waals surface area contributed by atoms with Gasteiger partial charge in [-0.1, -0.05) is 11.6 Å². The van der Waals surface area contributed by atoms with E-state index < -0.39 is 0 Å². The molecule has 0 atom stereocenters. The largest absolute Gasteiger partial charge is 0.325 e. The summed E-state index contributed by atoms with van der Waals surface area (Å²) in [5, 5.41) is 6.11. The third-order valence-electron chi connectivity index (χ3n) is 1.54. The molecule has 3 nitrogen and oxygen atoms in total. The third-order valence-corrected chi connectivity index (χ3v) is 2.75. The minimum atomic E-state index is -0.0817. The minimum absolute atomic E-state index is 0.0817. The predicted octanol–water partition coefficient (Wildman–Crippen LogP) is 2.26. The van der Waals surface area contributed by atoms with Crippen LogP contribution in [0, 0.1) is 0 Å². The highest BCUT2D eigenvalue weighted by Gasteiger charge is 2.02. The van der Waals surface area contributed by atoms with Crippen molar-refractivity contribution in [3.8, 4) is 0 Å². The molecule has 0 bridgehead atoms. The summed E-state index contributed by atoms with van der Waals surface area (Å²) in [5.74, 6) is -0.0817. The molecular formula is C9H10BrClN2O. The van der Waals surface area contributed by atoms with Crippen LogP contribution in [0.15, 0.2) is 22.7 Å². The van der Waals surface area contributed by atoms with Crippen molar-refractivity contribution in [2.24, 2.45) is 0 Å². The zero-order valence-corrected chi connectivity index (χ0v) is 9.95. The third kappa shape index (κ3) is 3.29. The first kappa shape index (κ1) is 11.5. The topological polar surface area (TPSA) is 41.1 Å². The van der Waals surface area contributed by atoms with Crippen LogP contribution >= 0.6 is 27.5 Å². The number of anilines is 1. The zero-order valence-electron chi connectivity index (χ0n) is 7.60. The van der Waals surface area contributed by atoms with E-state index in [0.717, 1.165) is 10.2 Å². The fourth-order valence-electron chi connectivity index (χ4n) is 0.940. The van der Waals surface area contributed by atoms with Crippen molar-refractivity contribution in [2.75, 3.05) is 18.9 Å². The lowest BCUT2D eigenvalue weighted by molar-refractivity contribution is -0.115. The van der Waals surface area contributed by atoms with Crippen LogP contribution < -0.4 is 10.6 Å². The summed E-state index contributed by atoms with van der Waals surface area (Å²) in [6.45, 7) is 0.292. The van der Waals surface area contributed by atoms with E-state index in [1.54, 1.807) is 25.2 Å². The number of likely N-dealkylation sites (N-methyl/N-ethyl adjacent to an activating group) is 1. The van der Waals surface area contributed by atoms with Gasteiger partial charge in [-0.25, -0.2) is 0 Å². The lowest BCUT2D eigenvalue weighted by Crippen LogP contribution is -2.24. The molecule has 2 N–H and O–H groups in total. The summed E-state index contributed by atoms with van der Waals surface area (Å²) in [6.07, 6.45) is 0. The van der Waals surface area contributed by atoms with E-state index in [0.29, 0.717) is 11.6 Å². The van der Waals surface area contributed by atoms with Gasteiger partial charge in [-0.3, -0.25) is 4.79 Å². The number of nitrogens with one attached hydrogen (secondary N) is 2. The summed E-state index contributed by atoms with van der Waals surface area (Å²) in [5.41, 5.74) is 0.724. The van der Waals surface area contributed by atoms with Crippen molar-refractivity contribution in [2.45, 2.75) is 0 Å². The molecule has 76 valence electrons. The van der Waals surface area contributed by atoms with E-state index in [-0.39, 0.29) is 5.91 Å². The van der Waals surface area contributed by atoms with Gasteiger partial charge in [0.15, 0.2) is 0 Å². The molecular weight excluding hydrogens is 267 g/mol. The zero-order chi connectivity index (χ0) is 10.6. The van der Waals surface area contributed by atoms with Gasteiger partial charge in [0.1, 0.15) is 0 Å². The van der Waals surface area contributed by atoms with Gasteiger partial charge in [-0.2, -0.15) is 0 Å². The van der Waals surface area contributed by atoms with Crippen LogP contribution in [-0.2, 0) is 4.79 Å². The molecule has 14 heavy (non-hydrogen) atoms. The van der Waals surface area contributed by atoms with Crippen LogP contribution in [0.1, 0.15) is 0 Å². The van der Waals surface area contributed by atoms with E-state index in [1.165, 1.54) is 0 Å². The second-order valence-electron chi connectivity index (χ2n) is 2.71. The lowest BCUT2D eigenvalue weighted by Gasteiger charge is -2.05. The van der Waals surface area contributed by atoms with E-state index in [2.05, 4.69) is 26.6 Å². The Labute approximate surface area is 96.0 Å². The van der Waals surface area contributed by atoms with Crippen molar-refractivity contribution in [3.63, 3.8) is 0 Å². The SMILES string of the molecule is CNCC(=O)Nc1ccc(Cl)c(Br)c1. The number of hydrogen-bond donors (Lipinski definition) is 2. The standard InChI is InChI=1S/C9H10BrClN2O/c1-12-5-9(14)13-6-2-3-8(11)7(10)4-6/h2-4,12H,5H2,1H3,(H,13,14). The van der Waals surface area contributed by atoms with E-state index in [9.17, 15) is 4.79 Å². The first-order valence-corrected chi connectivity index (χ1v) is 5.20. The molecule has 0 unspecified atom stereocenters. The van der Waals surface area contributed by atoms with E-state index >= 15 is 0 Å². The Hall–Kier alpha value is -0.580.